The quantitative estimate of drug-likeness (QED) is 0.240. The number of nitrogens with two attached hydrogens (primary N) is 1. The van der Waals surface area contributed by atoms with E-state index >= 15 is 0 Å². The highest BCUT2D eigenvalue weighted by Gasteiger charge is 2.46. The van der Waals surface area contributed by atoms with Crippen LogP contribution in [0.5, 0.6) is 0 Å². The molecule has 10 heteroatoms. The van der Waals surface area contributed by atoms with Crippen LogP contribution in [0.2, 0.25) is 10.0 Å². The Bertz CT molecular complexity index is 1710. The highest BCUT2D eigenvalue weighted by Crippen LogP contribution is 2.57. The summed E-state index contributed by atoms with van der Waals surface area (Å²) >= 11 is 15.9. The van der Waals surface area contributed by atoms with E-state index in [1.54, 1.807) is 25.1 Å². The molecule has 40 heavy (non-hydrogen) atoms. The Morgan fingerprint density at radius 2 is 1.73 bits per heavy atom. The molecule has 0 spiro atoms. The molecule has 0 bridgehead atoms. The number of amides is 1. The summed E-state index contributed by atoms with van der Waals surface area (Å²) in [5.41, 5.74) is 9.90. The van der Waals surface area contributed by atoms with Crippen LogP contribution in [0, 0.1) is 0 Å². The number of carbonyl (C=O) groups is 2. The number of esters is 1. The van der Waals surface area contributed by atoms with Crippen molar-refractivity contribution in [1.29, 1.82) is 0 Å². The van der Waals surface area contributed by atoms with E-state index in [-0.39, 0.29) is 18.0 Å². The van der Waals surface area contributed by atoms with Gasteiger partial charge in [-0.05, 0) is 48.4 Å². The van der Waals surface area contributed by atoms with Crippen LogP contribution in [0.25, 0.3) is 6.08 Å². The summed E-state index contributed by atoms with van der Waals surface area (Å²) in [6, 6.07) is 22.4. The summed E-state index contributed by atoms with van der Waals surface area (Å²) in [6.07, 6.45) is 1.73. The van der Waals surface area contributed by atoms with Gasteiger partial charge in [-0.15, -0.1) is 0 Å². The maximum atomic E-state index is 13.6. The van der Waals surface area contributed by atoms with Gasteiger partial charge in [0, 0.05) is 20.5 Å². The molecule has 6 nitrogen and oxygen atoms in total. The first-order chi connectivity index (χ1) is 19.4. The van der Waals surface area contributed by atoms with Crippen LogP contribution >= 0.6 is 46.7 Å². The summed E-state index contributed by atoms with van der Waals surface area (Å²) in [6.45, 7) is 1.91. The fourth-order valence-electron chi connectivity index (χ4n) is 4.86. The third-order valence-corrected chi connectivity index (χ3v) is 9.46. The second-order valence-electron chi connectivity index (χ2n) is 8.95. The zero-order valence-corrected chi connectivity index (χ0v) is 24.2. The molecule has 3 aliphatic heterocycles. The molecule has 0 aromatic heterocycles. The Kier molecular flexibility index (Phi) is 7.27. The number of fused-ring (bicyclic) bond motifs is 3. The first-order valence-electron chi connectivity index (χ1n) is 12.4. The van der Waals surface area contributed by atoms with Crippen LogP contribution < -0.4 is 10.6 Å². The zero-order chi connectivity index (χ0) is 28.0. The Labute approximate surface area is 249 Å². The number of ether oxygens (including phenoxy) is 1. The van der Waals surface area contributed by atoms with Gasteiger partial charge in [-0.25, -0.2) is 9.79 Å². The van der Waals surface area contributed by atoms with Gasteiger partial charge in [0.1, 0.15) is 10.9 Å². The van der Waals surface area contributed by atoms with Crippen LogP contribution in [-0.4, -0.2) is 23.5 Å². The van der Waals surface area contributed by atoms with Crippen molar-refractivity contribution >= 4 is 75.4 Å². The summed E-state index contributed by atoms with van der Waals surface area (Å²) in [5.74, 6) is -1.42. The molecule has 200 valence electrons. The molecule has 0 aliphatic carbocycles. The minimum Gasteiger partial charge on any atom is -0.463 e. The molecule has 1 atom stereocenters. The third-order valence-electron chi connectivity index (χ3n) is 6.59. The third kappa shape index (κ3) is 4.55. The van der Waals surface area contributed by atoms with Crippen molar-refractivity contribution in [2.45, 2.75) is 17.7 Å². The molecule has 1 amide bonds. The van der Waals surface area contributed by atoms with Gasteiger partial charge in [0.25, 0.3) is 5.91 Å². The molecular weight excluding hydrogens is 585 g/mol. The van der Waals surface area contributed by atoms with E-state index in [0.717, 1.165) is 15.6 Å². The largest absolute Gasteiger partial charge is 0.463 e. The molecule has 6 rings (SSSR count). The molecule has 0 radical (unpaired) electrons. The van der Waals surface area contributed by atoms with Crippen molar-refractivity contribution in [3.8, 4) is 0 Å². The lowest BCUT2D eigenvalue weighted by Gasteiger charge is -2.35. The number of aliphatic imine (C=N–C) groups is 1. The summed E-state index contributed by atoms with van der Waals surface area (Å²) in [7, 11) is 0. The minimum absolute atomic E-state index is 0.168. The number of benzene rings is 3. The molecular formula is C30H21Cl2N3O3S2. The van der Waals surface area contributed by atoms with E-state index in [1.165, 1.54) is 23.5 Å². The lowest BCUT2D eigenvalue weighted by Crippen LogP contribution is -2.37. The van der Waals surface area contributed by atoms with Gasteiger partial charge in [-0.2, -0.15) is 0 Å². The smallest absolute Gasteiger partial charge is 0.338 e. The van der Waals surface area contributed by atoms with E-state index in [0.29, 0.717) is 36.7 Å². The maximum Gasteiger partial charge on any atom is 0.338 e. The Hall–Kier alpha value is -3.43. The standard InChI is InChI=1S/C30H21Cl2N3O3S2/c1-2-38-30(37)24-23(17-10-4-6-12-19(17)32)25(29-35(26(24)33)20-13-7-8-14-21(20)40-29)28-34-27(36)22(39-28)15-16-9-3-5-11-18(16)31/h3-15,23H,2,33H2,1H3/b22-15+. The Balaban J connectivity index is 1.57. The number of para-hydroxylation sites is 1. The summed E-state index contributed by atoms with van der Waals surface area (Å²) in [5, 5.41) is 2.20. The first kappa shape index (κ1) is 26.8. The number of anilines is 1. The zero-order valence-electron chi connectivity index (χ0n) is 21.1. The molecule has 3 heterocycles. The molecule has 0 saturated carbocycles. The molecule has 3 aromatic rings. The predicted octanol–water partition coefficient (Wildman–Crippen LogP) is 7.36. The van der Waals surface area contributed by atoms with Gasteiger partial charge < -0.3 is 10.5 Å². The average molecular weight is 607 g/mol. The fraction of sp³-hybridized carbons (Fsp3) is 0.100. The van der Waals surface area contributed by atoms with Crippen LogP contribution in [0.4, 0.5) is 5.69 Å². The van der Waals surface area contributed by atoms with Crippen LogP contribution in [0.1, 0.15) is 24.0 Å². The SMILES string of the molecule is CCOC(=O)C1=C(N)N2C(=C(C3=NC(=O)/C(=C\c4ccccc4Cl)S3)C1c1ccccc1Cl)Sc1ccccc12. The van der Waals surface area contributed by atoms with Gasteiger partial charge in [0.15, 0.2) is 0 Å². The fourth-order valence-corrected chi connectivity index (χ4v) is 7.57. The summed E-state index contributed by atoms with van der Waals surface area (Å²) < 4.78 is 5.51. The number of hydrogen-bond donors (Lipinski definition) is 1. The average Bonchev–Trinajstić information content (AvgIpc) is 3.50. The van der Waals surface area contributed by atoms with Crippen LogP contribution in [-0.2, 0) is 14.3 Å². The maximum absolute atomic E-state index is 13.6. The predicted molar refractivity (Wildman–Crippen MR) is 163 cm³/mol. The van der Waals surface area contributed by atoms with Gasteiger partial charge in [-0.1, -0.05) is 95.3 Å². The molecule has 0 fully saturated rings. The van der Waals surface area contributed by atoms with Gasteiger partial charge in [0.2, 0.25) is 0 Å². The normalized spacial score (nSPS) is 19.2. The van der Waals surface area contributed by atoms with Crippen molar-refractivity contribution < 1.29 is 14.3 Å². The van der Waals surface area contributed by atoms with E-state index in [2.05, 4.69) is 4.99 Å². The number of rotatable bonds is 5. The lowest BCUT2D eigenvalue weighted by molar-refractivity contribution is -0.138. The van der Waals surface area contributed by atoms with E-state index in [9.17, 15) is 9.59 Å². The van der Waals surface area contributed by atoms with E-state index in [4.69, 9.17) is 33.7 Å². The number of carbonyl (C=O) groups excluding carboxylic acids is 2. The number of halogens is 2. The second-order valence-corrected chi connectivity index (χ2v) is 11.8. The summed E-state index contributed by atoms with van der Waals surface area (Å²) in [4.78, 5) is 34.5. The number of thioether (sulfide) groups is 2. The Morgan fingerprint density at radius 3 is 2.48 bits per heavy atom. The molecule has 1 unspecified atom stereocenters. The first-order valence-corrected chi connectivity index (χ1v) is 14.8. The topological polar surface area (TPSA) is 85.0 Å². The monoisotopic (exact) mass is 605 g/mol. The number of hydrogen-bond acceptors (Lipinski definition) is 7. The number of nitrogens with zero attached hydrogens (tertiary/aromatic N) is 2. The van der Waals surface area contributed by atoms with Crippen molar-refractivity contribution in [2.75, 3.05) is 11.5 Å². The second kappa shape index (κ2) is 10.9. The van der Waals surface area contributed by atoms with Crippen molar-refractivity contribution in [1.82, 2.24) is 0 Å². The van der Waals surface area contributed by atoms with Gasteiger partial charge in [-0.3, -0.25) is 9.69 Å². The molecule has 3 aromatic carbocycles. The molecule has 0 saturated heterocycles. The van der Waals surface area contributed by atoms with Crippen LogP contribution in [0.15, 0.2) is 110 Å². The highest BCUT2D eigenvalue weighted by atomic mass is 35.5. The lowest BCUT2D eigenvalue weighted by atomic mass is 9.82. The van der Waals surface area contributed by atoms with E-state index in [1.807, 2.05) is 65.6 Å². The van der Waals surface area contributed by atoms with Crippen molar-refractivity contribution in [2.24, 2.45) is 10.7 Å². The van der Waals surface area contributed by atoms with E-state index < -0.39 is 17.8 Å². The Morgan fingerprint density at radius 1 is 1.02 bits per heavy atom. The van der Waals surface area contributed by atoms with Crippen LogP contribution in [0.3, 0.4) is 0 Å². The van der Waals surface area contributed by atoms with Crippen molar-refractivity contribution in [3.63, 3.8) is 0 Å². The van der Waals surface area contributed by atoms with Gasteiger partial charge >= 0.3 is 5.97 Å². The highest BCUT2D eigenvalue weighted by molar-refractivity contribution is 8.19. The van der Waals surface area contributed by atoms with Crippen molar-refractivity contribution in [3.05, 3.63) is 121 Å². The molecule has 2 N–H and O–H groups in total. The van der Waals surface area contributed by atoms with Gasteiger partial charge in [0.05, 0.1) is 33.7 Å². The molecule has 3 aliphatic rings. The minimum atomic E-state index is -0.723.